The van der Waals surface area contributed by atoms with Crippen molar-refractivity contribution in [2.24, 2.45) is 5.92 Å². The second-order valence-electron chi connectivity index (χ2n) is 6.42. The third-order valence-electron chi connectivity index (χ3n) is 4.62. The van der Waals surface area contributed by atoms with Gasteiger partial charge < -0.3 is 9.64 Å². The van der Waals surface area contributed by atoms with Crippen molar-refractivity contribution in [3.8, 4) is 5.88 Å². The molecule has 2 aliphatic rings. The molecule has 1 aliphatic heterocycles. The van der Waals surface area contributed by atoms with Crippen LogP contribution in [0.1, 0.15) is 44.3 Å². The summed E-state index contributed by atoms with van der Waals surface area (Å²) in [5, 5.41) is 0. The standard InChI is InChI=1S/C17H23N3O3/c1-12-18-9-8-16(19-12)23-15-3-2-10-20(11-15)17(22)13-4-6-14(21)7-5-13/h8-9,13,15H,2-7,10-11H2,1H3. The van der Waals surface area contributed by atoms with Crippen molar-refractivity contribution in [3.63, 3.8) is 0 Å². The smallest absolute Gasteiger partial charge is 0.225 e. The molecular weight excluding hydrogens is 294 g/mol. The number of piperidine rings is 1. The Kier molecular flexibility index (Phi) is 4.88. The molecule has 1 atom stereocenters. The van der Waals surface area contributed by atoms with Gasteiger partial charge in [0, 0.05) is 37.6 Å². The SMILES string of the molecule is Cc1nccc(OC2CCCN(C(=O)C3CCC(=O)CC3)C2)n1. The molecule has 1 unspecified atom stereocenters. The first-order valence-electron chi connectivity index (χ1n) is 8.38. The van der Waals surface area contributed by atoms with E-state index in [1.165, 1.54) is 0 Å². The molecular formula is C17H23N3O3. The molecule has 1 saturated carbocycles. The van der Waals surface area contributed by atoms with Crippen LogP contribution in [0.15, 0.2) is 12.3 Å². The molecule has 6 heteroatoms. The van der Waals surface area contributed by atoms with Crippen LogP contribution in [0.4, 0.5) is 0 Å². The van der Waals surface area contributed by atoms with Gasteiger partial charge in [0.2, 0.25) is 11.8 Å². The maximum atomic E-state index is 12.6. The Labute approximate surface area is 136 Å². The lowest BCUT2D eigenvalue weighted by Crippen LogP contribution is -2.47. The van der Waals surface area contributed by atoms with Gasteiger partial charge in [0.15, 0.2) is 0 Å². The molecule has 124 valence electrons. The molecule has 23 heavy (non-hydrogen) atoms. The molecule has 0 radical (unpaired) electrons. The Morgan fingerprint density at radius 2 is 2.09 bits per heavy atom. The summed E-state index contributed by atoms with van der Waals surface area (Å²) < 4.78 is 5.92. The van der Waals surface area contributed by atoms with Crippen molar-refractivity contribution in [1.82, 2.24) is 14.9 Å². The first-order chi connectivity index (χ1) is 11.1. The fourth-order valence-electron chi connectivity index (χ4n) is 3.35. The average Bonchev–Trinajstić information content (AvgIpc) is 2.55. The van der Waals surface area contributed by atoms with Crippen LogP contribution >= 0.6 is 0 Å². The third-order valence-corrected chi connectivity index (χ3v) is 4.62. The van der Waals surface area contributed by atoms with Crippen LogP contribution < -0.4 is 4.74 Å². The molecule has 1 amide bonds. The lowest BCUT2D eigenvalue weighted by molar-refractivity contribution is -0.140. The normalized spacial score (nSPS) is 22.9. The minimum atomic E-state index is -0.0211. The molecule has 1 aromatic heterocycles. The van der Waals surface area contributed by atoms with Gasteiger partial charge in [-0.2, -0.15) is 4.98 Å². The average molecular weight is 317 g/mol. The molecule has 2 heterocycles. The van der Waals surface area contributed by atoms with Gasteiger partial charge in [0.25, 0.3) is 0 Å². The van der Waals surface area contributed by atoms with E-state index in [0.29, 0.717) is 43.9 Å². The number of aryl methyl sites for hydroxylation is 1. The molecule has 1 aromatic rings. The van der Waals surface area contributed by atoms with Gasteiger partial charge in [0.05, 0.1) is 6.54 Å². The minimum Gasteiger partial charge on any atom is -0.472 e. The van der Waals surface area contributed by atoms with Crippen LogP contribution in [-0.4, -0.2) is 45.8 Å². The summed E-state index contributed by atoms with van der Waals surface area (Å²) in [4.78, 5) is 34.2. The largest absolute Gasteiger partial charge is 0.472 e. The van der Waals surface area contributed by atoms with Crippen LogP contribution in [0, 0.1) is 12.8 Å². The van der Waals surface area contributed by atoms with E-state index in [0.717, 1.165) is 19.4 Å². The predicted octanol–water partition coefficient (Wildman–Crippen LogP) is 1.91. The summed E-state index contributed by atoms with van der Waals surface area (Å²) in [5.41, 5.74) is 0. The van der Waals surface area contributed by atoms with Crippen molar-refractivity contribution >= 4 is 11.7 Å². The Morgan fingerprint density at radius 3 is 2.83 bits per heavy atom. The number of Topliss-reactive ketones (excluding diaryl/α,β-unsaturated/α-hetero) is 1. The van der Waals surface area contributed by atoms with Gasteiger partial charge in [-0.15, -0.1) is 0 Å². The third kappa shape index (κ3) is 4.06. The molecule has 0 bridgehead atoms. The predicted molar refractivity (Wildman–Crippen MR) is 84.0 cm³/mol. The number of likely N-dealkylation sites (tertiary alicyclic amines) is 1. The van der Waals surface area contributed by atoms with Crippen molar-refractivity contribution < 1.29 is 14.3 Å². The van der Waals surface area contributed by atoms with Gasteiger partial charge in [-0.05, 0) is 32.6 Å². The maximum absolute atomic E-state index is 12.6. The van der Waals surface area contributed by atoms with E-state index >= 15 is 0 Å². The maximum Gasteiger partial charge on any atom is 0.225 e. The fraction of sp³-hybridized carbons (Fsp3) is 0.647. The highest BCUT2D eigenvalue weighted by Gasteiger charge is 2.32. The number of ketones is 1. The van der Waals surface area contributed by atoms with Crippen molar-refractivity contribution in [3.05, 3.63) is 18.1 Å². The first-order valence-corrected chi connectivity index (χ1v) is 8.38. The first kappa shape index (κ1) is 15.9. The minimum absolute atomic E-state index is 0.00717. The van der Waals surface area contributed by atoms with E-state index in [4.69, 9.17) is 4.74 Å². The van der Waals surface area contributed by atoms with Crippen LogP contribution in [-0.2, 0) is 9.59 Å². The summed E-state index contributed by atoms with van der Waals surface area (Å²) in [7, 11) is 0. The summed E-state index contributed by atoms with van der Waals surface area (Å²) in [5.74, 6) is 1.73. The Hall–Kier alpha value is -1.98. The zero-order valence-electron chi connectivity index (χ0n) is 13.5. The van der Waals surface area contributed by atoms with Crippen molar-refractivity contribution in [2.75, 3.05) is 13.1 Å². The quantitative estimate of drug-likeness (QED) is 0.851. The number of rotatable bonds is 3. The van der Waals surface area contributed by atoms with Gasteiger partial charge in [-0.25, -0.2) is 4.98 Å². The number of ether oxygens (including phenoxy) is 1. The highest BCUT2D eigenvalue weighted by Crippen LogP contribution is 2.25. The van der Waals surface area contributed by atoms with E-state index in [2.05, 4.69) is 9.97 Å². The second kappa shape index (κ2) is 7.06. The Bertz CT molecular complexity index is 580. The van der Waals surface area contributed by atoms with E-state index in [9.17, 15) is 9.59 Å². The van der Waals surface area contributed by atoms with Gasteiger partial charge in [0.1, 0.15) is 17.7 Å². The van der Waals surface area contributed by atoms with E-state index < -0.39 is 0 Å². The number of nitrogens with zero attached hydrogens (tertiary/aromatic N) is 3. The zero-order valence-corrected chi connectivity index (χ0v) is 13.5. The van der Waals surface area contributed by atoms with E-state index in [1.54, 1.807) is 12.3 Å². The Morgan fingerprint density at radius 1 is 1.30 bits per heavy atom. The molecule has 6 nitrogen and oxygen atoms in total. The molecule has 0 spiro atoms. The van der Waals surface area contributed by atoms with Gasteiger partial charge in [-0.3, -0.25) is 9.59 Å². The summed E-state index contributed by atoms with van der Waals surface area (Å²) >= 11 is 0. The molecule has 0 aromatic carbocycles. The highest BCUT2D eigenvalue weighted by atomic mass is 16.5. The second-order valence-corrected chi connectivity index (χ2v) is 6.42. The van der Waals surface area contributed by atoms with Crippen molar-refractivity contribution in [1.29, 1.82) is 0 Å². The lowest BCUT2D eigenvalue weighted by atomic mass is 9.87. The molecule has 3 rings (SSSR count). The van der Waals surface area contributed by atoms with Crippen LogP contribution in [0.5, 0.6) is 5.88 Å². The van der Waals surface area contributed by atoms with Crippen LogP contribution in [0.2, 0.25) is 0 Å². The zero-order chi connectivity index (χ0) is 16.2. The summed E-state index contributed by atoms with van der Waals surface area (Å²) in [6, 6.07) is 1.75. The molecule has 0 N–H and O–H groups in total. The Balaban J connectivity index is 1.57. The van der Waals surface area contributed by atoms with E-state index in [-0.39, 0.29) is 23.7 Å². The highest BCUT2D eigenvalue weighted by molar-refractivity contribution is 5.84. The van der Waals surface area contributed by atoms with Gasteiger partial charge >= 0.3 is 0 Å². The number of hydrogen-bond donors (Lipinski definition) is 0. The summed E-state index contributed by atoms with van der Waals surface area (Å²) in [6.07, 6.45) is 6.02. The number of carbonyl (C=O) groups is 2. The topological polar surface area (TPSA) is 72.4 Å². The molecule has 1 aliphatic carbocycles. The number of aromatic nitrogens is 2. The van der Waals surface area contributed by atoms with Crippen LogP contribution in [0.3, 0.4) is 0 Å². The summed E-state index contributed by atoms with van der Waals surface area (Å²) in [6.45, 7) is 3.21. The fourth-order valence-corrected chi connectivity index (χ4v) is 3.35. The number of hydrogen-bond acceptors (Lipinski definition) is 5. The molecule has 1 saturated heterocycles. The number of amides is 1. The monoisotopic (exact) mass is 317 g/mol. The lowest BCUT2D eigenvalue weighted by Gasteiger charge is -2.35. The van der Waals surface area contributed by atoms with E-state index in [1.807, 2.05) is 11.8 Å². The van der Waals surface area contributed by atoms with Gasteiger partial charge in [-0.1, -0.05) is 0 Å². The number of carbonyl (C=O) groups excluding carboxylic acids is 2. The van der Waals surface area contributed by atoms with Crippen LogP contribution in [0.25, 0.3) is 0 Å². The molecule has 2 fully saturated rings. The van der Waals surface area contributed by atoms with Crippen molar-refractivity contribution in [2.45, 2.75) is 51.6 Å².